The molecule has 5 nitrogen and oxygen atoms in total. The third-order valence-corrected chi connectivity index (χ3v) is 8.12. The van der Waals surface area contributed by atoms with Gasteiger partial charge in [-0.1, -0.05) is 121 Å². The Balaban J connectivity index is 0.00000481. The Morgan fingerprint density at radius 1 is 0.784 bits per heavy atom. The zero-order valence-corrected chi connectivity index (χ0v) is 27.0. The van der Waals surface area contributed by atoms with E-state index in [1.54, 1.807) is 6.07 Å². The average molecular weight is 553 g/mol. The Morgan fingerprint density at radius 3 is 1.86 bits per heavy atom. The molecule has 0 aliphatic carbocycles. The largest absolute Gasteiger partial charge is 1.00 e. The summed E-state index contributed by atoms with van der Waals surface area (Å²) >= 11 is 0. The molecule has 1 N–H and O–H groups in total. The van der Waals surface area contributed by atoms with Crippen LogP contribution in [0.25, 0.3) is 0 Å². The van der Waals surface area contributed by atoms with Crippen LogP contribution in [-0.4, -0.2) is 19.1 Å². The standard InChI is InChI=1S/C30H46N2O3S.K/c1-2-3-4-5-6-7-8-9-10-11-12-13-14-18-21-30-31-28-23-22-27(36(33,34)35)24-29(28)32(30)25-26-19-16-15-17-20-26;/h15-17,19-20,22-24,30-31H,2-14,18,21,25H2,1H3,(H,33,34,35);/q;+1/p-1. The first-order valence-corrected chi connectivity index (χ1v) is 15.6. The minimum atomic E-state index is -4.49. The molecule has 0 spiro atoms. The first kappa shape index (κ1) is 32.8. The van der Waals surface area contributed by atoms with Crippen molar-refractivity contribution in [2.24, 2.45) is 0 Å². The zero-order valence-electron chi connectivity index (χ0n) is 23.1. The van der Waals surface area contributed by atoms with E-state index in [0.29, 0.717) is 6.54 Å². The molecule has 0 bridgehead atoms. The summed E-state index contributed by atoms with van der Waals surface area (Å²) in [4.78, 5) is 2.04. The van der Waals surface area contributed by atoms with Crippen LogP contribution >= 0.6 is 0 Å². The van der Waals surface area contributed by atoms with Crippen LogP contribution in [0.15, 0.2) is 53.4 Å². The van der Waals surface area contributed by atoms with Gasteiger partial charge in [0.25, 0.3) is 0 Å². The molecule has 0 amide bonds. The van der Waals surface area contributed by atoms with Gasteiger partial charge in [0.2, 0.25) is 0 Å². The van der Waals surface area contributed by atoms with Crippen molar-refractivity contribution in [2.75, 3.05) is 10.2 Å². The molecule has 7 heteroatoms. The molecule has 2 aromatic rings. The molecule has 0 saturated carbocycles. The minimum Gasteiger partial charge on any atom is -0.744 e. The van der Waals surface area contributed by atoms with Gasteiger partial charge in [0.1, 0.15) is 10.1 Å². The molecule has 3 rings (SSSR count). The van der Waals surface area contributed by atoms with E-state index in [-0.39, 0.29) is 62.4 Å². The van der Waals surface area contributed by atoms with Gasteiger partial charge in [-0.2, -0.15) is 0 Å². The van der Waals surface area contributed by atoms with Gasteiger partial charge in [-0.15, -0.1) is 0 Å². The van der Waals surface area contributed by atoms with Crippen LogP contribution in [0.2, 0.25) is 0 Å². The van der Waals surface area contributed by atoms with E-state index in [4.69, 9.17) is 0 Å². The fraction of sp³-hybridized carbons (Fsp3) is 0.600. The third kappa shape index (κ3) is 11.7. The summed E-state index contributed by atoms with van der Waals surface area (Å²) in [5.74, 6) is 0. The number of unbranched alkanes of at least 4 members (excludes halogenated alkanes) is 13. The molecule has 1 heterocycles. The topological polar surface area (TPSA) is 72.5 Å². The minimum absolute atomic E-state index is 0. The van der Waals surface area contributed by atoms with Crippen molar-refractivity contribution in [3.63, 3.8) is 0 Å². The van der Waals surface area contributed by atoms with Crippen LogP contribution in [0.5, 0.6) is 0 Å². The summed E-state index contributed by atoms with van der Waals surface area (Å²) < 4.78 is 34.8. The second kappa shape index (κ2) is 18.0. The fourth-order valence-electron chi connectivity index (χ4n) is 5.19. The summed E-state index contributed by atoms with van der Waals surface area (Å²) in [5.41, 5.74) is 2.85. The van der Waals surface area contributed by atoms with Crippen LogP contribution in [0.1, 0.15) is 109 Å². The van der Waals surface area contributed by atoms with E-state index < -0.39 is 10.1 Å². The number of nitrogens with zero attached hydrogens (tertiary/aromatic N) is 1. The van der Waals surface area contributed by atoms with Crippen molar-refractivity contribution in [2.45, 2.75) is 121 Å². The van der Waals surface area contributed by atoms with Crippen LogP contribution in [0.4, 0.5) is 11.4 Å². The first-order chi connectivity index (χ1) is 17.5. The molecule has 37 heavy (non-hydrogen) atoms. The van der Waals surface area contributed by atoms with E-state index in [1.165, 1.54) is 95.6 Å². The molecule has 1 unspecified atom stereocenters. The van der Waals surface area contributed by atoms with E-state index >= 15 is 0 Å². The Bertz CT molecular complexity index is 1000. The molecular weight excluding hydrogens is 508 g/mol. The van der Waals surface area contributed by atoms with Crippen LogP contribution < -0.4 is 61.6 Å². The number of hydrogen-bond donors (Lipinski definition) is 1. The van der Waals surface area contributed by atoms with E-state index in [0.717, 1.165) is 29.8 Å². The number of hydrogen-bond acceptors (Lipinski definition) is 5. The van der Waals surface area contributed by atoms with Gasteiger partial charge in [0, 0.05) is 6.54 Å². The maximum absolute atomic E-state index is 11.6. The smallest absolute Gasteiger partial charge is 0.744 e. The van der Waals surface area contributed by atoms with Gasteiger partial charge in [-0.05, 0) is 36.6 Å². The van der Waals surface area contributed by atoms with Crippen LogP contribution in [0.3, 0.4) is 0 Å². The fourth-order valence-corrected chi connectivity index (χ4v) is 5.68. The summed E-state index contributed by atoms with van der Waals surface area (Å²) in [6.45, 7) is 2.94. The Labute approximate surface area is 268 Å². The predicted molar refractivity (Wildman–Crippen MR) is 149 cm³/mol. The average Bonchev–Trinajstić information content (AvgIpc) is 3.20. The molecule has 0 aromatic heterocycles. The number of anilines is 2. The second-order valence-corrected chi connectivity index (χ2v) is 11.7. The number of fused-ring (bicyclic) bond motifs is 1. The molecular formula is C30H45KN2O3S. The SMILES string of the molecule is CCCCCCCCCCCCCCCCC1Nc2ccc(S(=O)(=O)[O-])cc2N1Cc1ccccc1.[K+]. The van der Waals surface area contributed by atoms with Gasteiger partial charge < -0.3 is 14.8 Å². The van der Waals surface area contributed by atoms with E-state index in [2.05, 4.69) is 29.3 Å². The molecule has 2 aromatic carbocycles. The Morgan fingerprint density at radius 2 is 1.32 bits per heavy atom. The summed E-state index contributed by atoms with van der Waals surface area (Å²) in [7, 11) is -4.49. The van der Waals surface area contributed by atoms with Gasteiger partial charge in [0.15, 0.2) is 0 Å². The summed E-state index contributed by atoms with van der Waals surface area (Å²) in [6.07, 6.45) is 19.8. The van der Waals surface area contributed by atoms with E-state index in [9.17, 15) is 13.0 Å². The van der Waals surface area contributed by atoms with Crippen LogP contribution in [-0.2, 0) is 16.7 Å². The summed E-state index contributed by atoms with van der Waals surface area (Å²) in [5, 5.41) is 3.56. The molecule has 1 aliphatic heterocycles. The monoisotopic (exact) mass is 552 g/mol. The zero-order chi connectivity index (χ0) is 25.6. The molecule has 1 atom stereocenters. The molecule has 0 saturated heterocycles. The van der Waals surface area contributed by atoms with Crippen molar-refractivity contribution in [1.82, 2.24) is 0 Å². The normalized spacial score (nSPS) is 14.8. The van der Waals surface area contributed by atoms with Gasteiger partial charge >= 0.3 is 51.4 Å². The maximum atomic E-state index is 11.6. The van der Waals surface area contributed by atoms with Crippen molar-refractivity contribution >= 4 is 21.5 Å². The van der Waals surface area contributed by atoms with Gasteiger partial charge in [-0.3, -0.25) is 0 Å². The van der Waals surface area contributed by atoms with Crippen LogP contribution in [0, 0.1) is 0 Å². The molecule has 1 aliphatic rings. The maximum Gasteiger partial charge on any atom is 1.00 e. The Kier molecular flexibility index (Phi) is 16.0. The van der Waals surface area contributed by atoms with Gasteiger partial charge in [-0.25, -0.2) is 8.42 Å². The third-order valence-electron chi connectivity index (χ3n) is 7.29. The molecule has 0 radical (unpaired) electrons. The number of benzene rings is 2. The van der Waals surface area contributed by atoms with Crippen molar-refractivity contribution in [3.8, 4) is 0 Å². The van der Waals surface area contributed by atoms with Crippen molar-refractivity contribution < 1.29 is 64.4 Å². The summed E-state index contributed by atoms with van der Waals surface area (Å²) in [6, 6.07) is 14.8. The van der Waals surface area contributed by atoms with Crippen molar-refractivity contribution in [3.05, 3.63) is 54.1 Å². The first-order valence-electron chi connectivity index (χ1n) is 14.2. The quantitative estimate of drug-likeness (QED) is 0.156. The van der Waals surface area contributed by atoms with Gasteiger partial charge in [0.05, 0.1) is 22.4 Å². The predicted octanol–water partition coefficient (Wildman–Crippen LogP) is 5.22. The molecule has 0 fully saturated rings. The molecule has 200 valence electrons. The van der Waals surface area contributed by atoms with Crippen molar-refractivity contribution in [1.29, 1.82) is 0 Å². The number of nitrogens with one attached hydrogen (secondary N) is 1. The Hall–Kier alpha value is -0.414. The van der Waals surface area contributed by atoms with E-state index in [1.807, 2.05) is 18.2 Å². The second-order valence-electron chi connectivity index (χ2n) is 10.3. The number of rotatable bonds is 18.